The summed E-state index contributed by atoms with van der Waals surface area (Å²) >= 11 is 0. The topological polar surface area (TPSA) is 84.4 Å². The predicted octanol–water partition coefficient (Wildman–Crippen LogP) is 3.98. The molecule has 3 aromatic rings. The van der Waals surface area contributed by atoms with E-state index in [2.05, 4.69) is 44.3 Å². The fourth-order valence-electron chi connectivity index (χ4n) is 3.98. The third-order valence-electron chi connectivity index (χ3n) is 5.56. The van der Waals surface area contributed by atoms with Crippen LogP contribution in [0.5, 0.6) is 11.5 Å². The van der Waals surface area contributed by atoms with Crippen molar-refractivity contribution in [2.24, 2.45) is 0 Å². The molecule has 0 radical (unpaired) electrons. The van der Waals surface area contributed by atoms with Gasteiger partial charge in [0.15, 0.2) is 17.3 Å². The number of ether oxygens (including phenoxy) is 2. The zero-order valence-corrected chi connectivity index (χ0v) is 19.6. The third-order valence-corrected chi connectivity index (χ3v) is 5.56. The third kappa shape index (κ3) is 5.33. The van der Waals surface area contributed by atoms with Crippen molar-refractivity contribution >= 4 is 17.5 Å². The molecule has 1 saturated heterocycles. The second-order valence-electron chi connectivity index (χ2n) is 8.44. The van der Waals surface area contributed by atoms with Gasteiger partial charge in [-0.2, -0.15) is 0 Å². The quantitative estimate of drug-likeness (QED) is 0.537. The maximum Gasteiger partial charge on any atom is 0.227 e. The lowest BCUT2D eigenvalue weighted by molar-refractivity contribution is 0.285. The molecule has 1 aliphatic rings. The van der Waals surface area contributed by atoms with E-state index < -0.39 is 11.6 Å². The van der Waals surface area contributed by atoms with Crippen molar-refractivity contribution in [3.05, 3.63) is 59.6 Å². The number of halogens is 2. The maximum absolute atomic E-state index is 14.4. The highest BCUT2D eigenvalue weighted by Crippen LogP contribution is 2.27. The number of benzene rings is 1. The van der Waals surface area contributed by atoms with Crippen LogP contribution in [-0.2, 0) is 6.61 Å². The smallest absolute Gasteiger partial charge is 0.227 e. The second-order valence-corrected chi connectivity index (χ2v) is 8.44. The Morgan fingerprint density at radius 3 is 2.38 bits per heavy atom. The zero-order chi connectivity index (χ0) is 24.2. The molecule has 0 amide bonds. The summed E-state index contributed by atoms with van der Waals surface area (Å²) in [6.45, 7) is 7.34. The number of aromatic nitrogens is 3. The first-order chi connectivity index (χ1) is 16.3. The van der Waals surface area contributed by atoms with Gasteiger partial charge in [-0.25, -0.2) is 23.7 Å². The molecule has 0 saturated carbocycles. The van der Waals surface area contributed by atoms with E-state index in [9.17, 15) is 8.78 Å². The van der Waals surface area contributed by atoms with Crippen LogP contribution < -0.4 is 25.0 Å². The number of piperazine rings is 1. The van der Waals surface area contributed by atoms with E-state index in [1.807, 2.05) is 12.1 Å². The number of nitrogens with zero attached hydrogens (tertiary/aromatic N) is 4. The number of hydrogen-bond acceptors (Lipinski definition) is 8. The number of rotatable bonds is 7. The number of nitrogens with one attached hydrogen (secondary N) is 2. The molecule has 0 spiro atoms. The van der Waals surface area contributed by atoms with Gasteiger partial charge in [-0.05, 0) is 44.5 Å². The highest BCUT2D eigenvalue weighted by molar-refractivity contribution is 5.55. The zero-order valence-electron chi connectivity index (χ0n) is 19.6. The van der Waals surface area contributed by atoms with Crippen LogP contribution in [0.4, 0.5) is 26.2 Å². The van der Waals surface area contributed by atoms with E-state index in [-0.39, 0.29) is 29.2 Å². The van der Waals surface area contributed by atoms with E-state index in [0.717, 1.165) is 24.6 Å². The molecule has 1 aliphatic heterocycles. The van der Waals surface area contributed by atoms with Gasteiger partial charge in [0, 0.05) is 25.2 Å². The van der Waals surface area contributed by atoms with Crippen LogP contribution in [0.1, 0.15) is 25.0 Å². The number of methoxy groups -OCH3 is 1. The van der Waals surface area contributed by atoms with E-state index in [1.165, 1.54) is 32.5 Å². The Kier molecular flexibility index (Phi) is 7.06. The fourth-order valence-corrected chi connectivity index (χ4v) is 3.98. The summed E-state index contributed by atoms with van der Waals surface area (Å²) in [4.78, 5) is 15.2. The number of anilines is 3. The lowest BCUT2D eigenvalue weighted by Crippen LogP contribution is -2.54. The Balaban J connectivity index is 1.37. The molecule has 0 unspecified atom stereocenters. The summed E-state index contributed by atoms with van der Waals surface area (Å²) in [6.07, 6.45) is 4.60. The van der Waals surface area contributed by atoms with Crippen LogP contribution >= 0.6 is 0 Å². The molecular formula is C24H28F2N6O2. The summed E-state index contributed by atoms with van der Waals surface area (Å²) in [5.41, 5.74) is 0.802. The monoisotopic (exact) mass is 470 g/mol. The van der Waals surface area contributed by atoms with Crippen molar-refractivity contribution in [1.82, 2.24) is 20.3 Å². The minimum Gasteiger partial charge on any atom is -0.494 e. The summed E-state index contributed by atoms with van der Waals surface area (Å²) in [5, 5.41) is 6.59. The molecular weight excluding hydrogens is 442 g/mol. The molecule has 180 valence electrons. The van der Waals surface area contributed by atoms with E-state index in [0.29, 0.717) is 18.0 Å². The Hall–Kier alpha value is -3.53. The van der Waals surface area contributed by atoms with Crippen LogP contribution in [-0.4, -0.2) is 47.2 Å². The van der Waals surface area contributed by atoms with Crippen molar-refractivity contribution in [2.75, 3.05) is 30.4 Å². The minimum atomic E-state index is -0.787. The Labute approximate surface area is 197 Å². The summed E-state index contributed by atoms with van der Waals surface area (Å²) < 4.78 is 39.2. The lowest BCUT2D eigenvalue weighted by Gasteiger charge is -2.36. The van der Waals surface area contributed by atoms with Gasteiger partial charge in [0.05, 0.1) is 37.0 Å². The Morgan fingerprint density at radius 1 is 1.06 bits per heavy atom. The summed E-state index contributed by atoms with van der Waals surface area (Å²) in [6, 6.07) is 5.99. The van der Waals surface area contributed by atoms with Gasteiger partial charge in [0.1, 0.15) is 18.2 Å². The van der Waals surface area contributed by atoms with Gasteiger partial charge < -0.3 is 25.0 Å². The second kappa shape index (κ2) is 10.2. The van der Waals surface area contributed by atoms with Crippen LogP contribution in [0.15, 0.2) is 36.8 Å². The Morgan fingerprint density at radius 2 is 1.76 bits per heavy atom. The predicted molar refractivity (Wildman–Crippen MR) is 126 cm³/mol. The molecule has 3 heterocycles. The SMILES string of the molecule is COc1cc(C)c(F)c(COc2cnc(Nc3ccc(N4C[C@@H](C)N[C@@H](C)C4)nc3)nc2)c1F. The fraction of sp³-hybridized carbons (Fsp3) is 0.375. The molecule has 0 aliphatic carbocycles. The lowest BCUT2D eigenvalue weighted by atomic mass is 10.1. The molecule has 10 heteroatoms. The first-order valence-corrected chi connectivity index (χ1v) is 11.0. The average molecular weight is 471 g/mol. The molecule has 34 heavy (non-hydrogen) atoms. The molecule has 2 atom stereocenters. The van der Waals surface area contributed by atoms with Crippen molar-refractivity contribution < 1.29 is 18.3 Å². The minimum absolute atomic E-state index is 0.0334. The van der Waals surface area contributed by atoms with Gasteiger partial charge in [-0.1, -0.05) is 0 Å². The number of aryl methyl sites for hydroxylation is 1. The molecule has 2 aromatic heterocycles. The molecule has 2 N–H and O–H groups in total. The molecule has 0 bridgehead atoms. The van der Waals surface area contributed by atoms with Gasteiger partial charge in [0.2, 0.25) is 5.95 Å². The van der Waals surface area contributed by atoms with E-state index >= 15 is 0 Å². The van der Waals surface area contributed by atoms with Crippen molar-refractivity contribution in [1.29, 1.82) is 0 Å². The van der Waals surface area contributed by atoms with Crippen molar-refractivity contribution in [3.63, 3.8) is 0 Å². The molecule has 8 nitrogen and oxygen atoms in total. The molecule has 1 aromatic carbocycles. The van der Waals surface area contributed by atoms with Crippen LogP contribution in [0, 0.1) is 18.6 Å². The van der Waals surface area contributed by atoms with Gasteiger partial charge >= 0.3 is 0 Å². The average Bonchev–Trinajstić information content (AvgIpc) is 2.82. The highest BCUT2D eigenvalue weighted by Gasteiger charge is 2.22. The van der Waals surface area contributed by atoms with Gasteiger partial charge in [-0.3, -0.25) is 0 Å². The summed E-state index contributed by atoms with van der Waals surface area (Å²) in [5.74, 6) is 0.0568. The molecule has 4 rings (SSSR count). The van der Waals surface area contributed by atoms with Crippen molar-refractivity contribution in [2.45, 2.75) is 39.5 Å². The van der Waals surface area contributed by atoms with Crippen LogP contribution in [0.25, 0.3) is 0 Å². The largest absolute Gasteiger partial charge is 0.494 e. The van der Waals surface area contributed by atoms with Gasteiger partial charge in [0.25, 0.3) is 0 Å². The van der Waals surface area contributed by atoms with Crippen LogP contribution in [0.2, 0.25) is 0 Å². The first kappa shape index (κ1) is 23.6. The number of pyridine rings is 1. The van der Waals surface area contributed by atoms with E-state index in [1.54, 1.807) is 6.20 Å². The maximum atomic E-state index is 14.4. The van der Waals surface area contributed by atoms with E-state index in [4.69, 9.17) is 9.47 Å². The van der Waals surface area contributed by atoms with Crippen molar-refractivity contribution in [3.8, 4) is 11.5 Å². The van der Waals surface area contributed by atoms with Crippen LogP contribution in [0.3, 0.4) is 0 Å². The summed E-state index contributed by atoms with van der Waals surface area (Å²) in [7, 11) is 1.33. The highest BCUT2D eigenvalue weighted by atomic mass is 19.1. The normalized spacial score (nSPS) is 18.0. The number of hydrogen-bond donors (Lipinski definition) is 2. The standard InChI is InChI=1S/C24H28F2N6O2/c1-14-7-20(33-4)23(26)19(22(14)25)13-34-18-9-28-24(29-10-18)31-17-5-6-21(27-8-17)32-11-15(2)30-16(3)12-32/h5-10,15-16,30H,11-13H2,1-4H3,(H,28,29,31)/t15-,16+. The Bertz CT molecular complexity index is 1120. The molecule has 1 fully saturated rings. The first-order valence-electron chi connectivity index (χ1n) is 11.0. The van der Waals surface area contributed by atoms with Gasteiger partial charge in [-0.15, -0.1) is 0 Å².